The van der Waals surface area contributed by atoms with E-state index in [1.807, 2.05) is 32.4 Å². The Labute approximate surface area is 122 Å². The highest BCUT2D eigenvalue weighted by atomic mass is 79.9. The zero-order valence-corrected chi connectivity index (χ0v) is 13.6. The first kappa shape index (κ1) is 16.2. The van der Waals surface area contributed by atoms with Crippen LogP contribution in [0.3, 0.4) is 0 Å². The monoisotopic (exact) mass is 331 g/mol. The van der Waals surface area contributed by atoms with Crippen LogP contribution in [0, 0.1) is 13.8 Å². The molecule has 1 rings (SSSR count). The number of ether oxygens (including phenoxy) is 1. The first-order valence-corrected chi connectivity index (χ1v) is 7.40. The Morgan fingerprint density at radius 1 is 1.47 bits per heavy atom. The number of nitrogens with zero attached hydrogens (tertiary/aromatic N) is 2. The molecule has 0 saturated carbocycles. The zero-order valence-electron chi connectivity index (χ0n) is 12.0. The average molecular weight is 332 g/mol. The molecule has 1 heterocycles. The van der Waals surface area contributed by atoms with E-state index in [9.17, 15) is 4.79 Å². The van der Waals surface area contributed by atoms with Gasteiger partial charge in [-0.05, 0) is 49.7 Å². The standard InChI is InChI=1S/C13H22BrN3O2/c1-5-15-11(13(18)19-6-2)7-8-17-10(4)12(14)9(3)16-17/h11,15H,5-8H2,1-4H3. The number of hydrogen-bond donors (Lipinski definition) is 1. The van der Waals surface area contributed by atoms with Crippen molar-refractivity contribution >= 4 is 21.9 Å². The number of rotatable bonds is 7. The number of hydrogen-bond acceptors (Lipinski definition) is 4. The van der Waals surface area contributed by atoms with Gasteiger partial charge in [0.25, 0.3) is 0 Å². The van der Waals surface area contributed by atoms with Crippen molar-refractivity contribution in [1.82, 2.24) is 15.1 Å². The summed E-state index contributed by atoms with van der Waals surface area (Å²) in [6, 6.07) is -0.271. The van der Waals surface area contributed by atoms with Crippen molar-refractivity contribution < 1.29 is 9.53 Å². The van der Waals surface area contributed by atoms with Crippen molar-refractivity contribution in [1.29, 1.82) is 0 Å². The molecule has 0 fully saturated rings. The maximum Gasteiger partial charge on any atom is 0.323 e. The van der Waals surface area contributed by atoms with Gasteiger partial charge in [0.2, 0.25) is 0 Å². The van der Waals surface area contributed by atoms with E-state index in [4.69, 9.17) is 4.74 Å². The van der Waals surface area contributed by atoms with Crippen molar-refractivity contribution in [2.75, 3.05) is 13.2 Å². The number of carbonyl (C=O) groups excluding carboxylic acids is 1. The van der Waals surface area contributed by atoms with Gasteiger partial charge in [-0.1, -0.05) is 6.92 Å². The van der Waals surface area contributed by atoms with E-state index in [1.54, 1.807) is 0 Å². The van der Waals surface area contributed by atoms with E-state index in [-0.39, 0.29) is 12.0 Å². The molecule has 0 aliphatic carbocycles. The van der Waals surface area contributed by atoms with Crippen LogP contribution in [-0.2, 0) is 16.1 Å². The highest BCUT2D eigenvalue weighted by Crippen LogP contribution is 2.20. The second kappa shape index (κ2) is 7.65. The van der Waals surface area contributed by atoms with Crippen molar-refractivity contribution in [3.63, 3.8) is 0 Å². The summed E-state index contributed by atoms with van der Waals surface area (Å²) >= 11 is 3.50. The second-order valence-corrected chi connectivity index (χ2v) is 5.15. The molecule has 0 radical (unpaired) electrons. The van der Waals surface area contributed by atoms with Crippen LogP contribution >= 0.6 is 15.9 Å². The van der Waals surface area contributed by atoms with Crippen LogP contribution in [0.1, 0.15) is 31.7 Å². The van der Waals surface area contributed by atoms with Gasteiger partial charge in [0, 0.05) is 12.2 Å². The summed E-state index contributed by atoms with van der Waals surface area (Å²) < 4.78 is 8.01. The summed E-state index contributed by atoms with van der Waals surface area (Å²) in [4.78, 5) is 11.8. The van der Waals surface area contributed by atoms with Gasteiger partial charge < -0.3 is 10.1 Å². The zero-order chi connectivity index (χ0) is 14.4. The number of aryl methyl sites for hydroxylation is 2. The first-order valence-electron chi connectivity index (χ1n) is 6.60. The first-order chi connectivity index (χ1) is 9.01. The Hall–Kier alpha value is -0.880. The fourth-order valence-corrected chi connectivity index (χ4v) is 2.22. The Bertz CT molecular complexity index is 432. The molecular formula is C13H22BrN3O2. The average Bonchev–Trinajstić information content (AvgIpc) is 2.62. The van der Waals surface area contributed by atoms with E-state index < -0.39 is 0 Å². The summed E-state index contributed by atoms with van der Waals surface area (Å²) in [5.41, 5.74) is 2.05. The van der Waals surface area contributed by atoms with Gasteiger partial charge >= 0.3 is 5.97 Å². The van der Waals surface area contributed by atoms with Crippen molar-refractivity contribution in [3.8, 4) is 0 Å². The molecule has 19 heavy (non-hydrogen) atoms. The van der Waals surface area contributed by atoms with E-state index >= 15 is 0 Å². The lowest BCUT2D eigenvalue weighted by Gasteiger charge is -2.16. The van der Waals surface area contributed by atoms with Gasteiger partial charge in [0.1, 0.15) is 6.04 Å². The van der Waals surface area contributed by atoms with Gasteiger partial charge in [-0.2, -0.15) is 5.10 Å². The van der Waals surface area contributed by atoms with E-state index in [2.05, 4.69) is 26.3 Å². The quantitative estimate of drug-likeness (QED) is 0.778. The van der Waals surface area contributed by atoms with Crippen LogP contribution in [0.5, 0.6) is 0 Å². The minimum atomic E-state index is -0.271. The van der Waals surface area contributed by atoms with Gasteiger partial charge in [-0.25, -0.2) is 0 Å². The second-order valence-electron chi connectivity index (χ2n) is 4.36. The molecule has 0 bridgehead atoms. The number of nitrogens with one attached hydrogen (secondary N) is 1. The van der Waals surface area contributed by atoms with Crippen molar-refractivity contribution in [2.24, 2.45) is 0 Å². The molecule has 1 aromatic rings. The molecule has 0 saturated heterocycles. The molecule has 1 N–H and O–H groups in total. The summed E-state index contributed by atoms with van der Waals surface area (Å²) in [6.07, 6.45) is 0.668. The summed E-state index contributed by atoms with van der Waals surface area (Å²) in [7, 11) is 0. The molecule has 1 atom stereocenters. The van der Waals surface area contributed by atoms with Gasteiger partial charge in [-0.3, -0.25) is 9.48 Å². The number of likely N-dealkylation sites (N-methyl/N-ethyl adjacent to an activating group) is 1. The molecule has 108 valence electrons. The molecule has 0 aliphatic rings. The fourth-order valence-electron chi connectivity index (χ4n) is 1.94. The number of carbonyl (C=O) groups is 1. The van der Waals surface area contributed by atoms with Gasteiger partial charge in [0.15, 0.2) is 0 Å². The Morgan fingerprint density at radius 2 is 2.16 bits per heavy atom. The van der Waals surface area contributed by atoms with Crippen molar-refractivity contribution in [3.05, 3.63) is 15.9 Å². The maximum atomic E-state index is 11.8. The molecule has 6 heteroatoms. The molecule has 0 aliphatic heterocycles. The summed E-state index contributed by atoms with van der Waals surface area (Å²) in [5.74, 6) is -0.190. The summed E-state index contributed by atoms with van der Waals surface area (Å²) in [5, 5.41) is 7.59. The molecule has 1 unspecified atom stereocenters. The smallest absolute Gasteiger partial charge is 0.323 e. The van der Waals surface area contributed by atoms with Crippen LogP contribution in [0.4, 0.5) is 0 Å². The minimum Gasteiger partial charge on any atom is -0.465 e. The SMILES string of the molecule is CCNC(CCn1nc(C)c(Br)c1C)C(=O)OCC. The largest absolute Gasteiger partial charge is 0.465 e. The lowest BCUT2D eigenvalue weighted by molar-refractivity contribution is -0.145. The molecule has 0 amide bonds. The molecule has 5 nitrogen and oxygen atoms in total. The third-order valence-electron chi connectivity index (χ3n) is 2.94. The van der Waals surface area contributed by atoms with Crippen LogP contribution in [-0.4, -0.2) is 34.9 Å². The minimum absolute atomic E-state index is 0.190. The molecule has 1 aromatic heterocycles. The highest BCUT2D eigenvalue weighted by molar-refractivity contribution is 9.10. The third-order valence-corrected chi connectivity index (χ3v) is 4.09. The van der Waals surface area contributed by atoms with E-state index in [0.717, 1.165) is 22.4 Å². The van der Waals surface area contributed by atoms with Crippen LogP contribution in [0.25, 0.3) is 0 Å². The lowest BCUT2D eigenvalue weighted by atomic mass is 10.2. The maximum absolute atomic E-state index is 11.8. The predicted octanol–water partition coefficient (Wildman–Crippen LogP) is 2.19. The fraction of sp³-hybridized carbons (Fsp3) is 0.692. The Morgan fingerprint density at radius 3 is 2.63 bits per heavy atom. The molecular weight excluding hydrogens is 310 g/mol. The van der Waals surface area contributed by atoms with E-state index in [0.29, 0.717) is 19.6 Å². The van der Waals surface area contributed by atoms with E-state index in [1.165, 1.54) is 0 Å². The lowest BCUT2D eigenvalue weighted by Crippen LogP contribution is -2.39. The van der Waals surface area contributed by atoms with Gasteiger partial charge in [-0.15, -0.1) is 0 Å². The van der Waals surface area contributed by atoms with Crippen LogP contribution < -0.4 is 5.32 Å². The number of esters is 1. The number of halogens is 1. The topological polar surface area (TPSA) is 56.2 Å². The Balaban J connectivity index is 2.65. The molecule has 0 spiro atoms. The third kappa shape index (κ3) is 4.31. The molecule has 0 aromatic carbocycles. The Kier molecular flexibility index (Phi) is 6.51. The van der Waals surface area contributed by atoms with Crippen molar-refractivity contribution in [2.45, 2.75) is 46.7 Å². The van der Waals surface area contributed by atoms with Crippen LogP contribution in [0.2, 0.25) is 0 Å². The normalized spacial score (nSPS) is 12.5. The van der Waals surface area contributed by atoms with Gasteiger partial charge in [0.05, 0.1) is 16.8 Å². The number of aromatic nitrogens is 2. The predicted molar refractivity (Wildman–Crippen MR) is 78.1 cm³/mol. The van der Waals surface area contributed by atoms with Crippen LogP contribution in [0.15, 0.2) is 4.47 Å². The highest BCUT2D eigenvalue weighted by Gasteiger charge is 2.19. The summed E-state index contributed by atoms with van der Waals surface area (Å²) in [6.45, 7) is 9.60.